The fourth-order valence-electron chi connectivity index (χ4n) is 2.96. The molecule has 1 aliphatic rings. The quantitative estimate of drug-likeness (QED) is 0.801. The number of nitrogens with one attached hydrogen (secondary N) is 1. The number of benzene rings is 2. The minimum Gasteiger partial charge on any atom is -0.493 e. The van der Waals surface area contributed by atoms with Gasteiger partial charge in [-0.3, -0.25) is 0 Å². The van der Waals surface area contributed by atoms with Gasteiger partial charge < -0.3 is 14.6 Å². The summed E-state index contributed by atoms with van der Waals surface area (Å²) < 4.78 is 7.58. The predicted octanol–water partition coefficient (Wildman–Crippen LogP) is 3.34. The molecule has 122 valence electrons. The predicted molar refractivity (Wildman–Crippen MR) is 94.1 cm³/mol. The molecule has 0 amide bonds. The SMILES string of the molecule is Cc1nnc(CNc2cccc(-c3ccc4c(c3)CCO4)c2)n1C. The first-order valence-electron chi connectivity index (χ1n) is 8.15. The molecule has 0 spiro atoms. The van der Waals surface area contributed by atoms with Crippen LogP contribution >= 0.6 is 0 Å². The maximum atomic E-state index is 5.59. The number of rotatable bonds is 4. The molecule has 5 heteroatoms. The van der Waals surface area contributed by atoms with E-state index in [1.807, 2.05) is 18.5 Å². The minimum atomic E-state index is 0.652. The monoisotopic (exact) mass is 320 g/mol. The summed E-state index contributed by atoms with van der Waals surface area (Å²) in [6.45, 7) is 3.39. The van der Waals surface area contributed by atoms with Crippen LogP contribution in [0.2, 0.25) is 0 Å². The van der Waals surface area contributed by atoms with Gasteiger partial charge in [0.2, 0.25) is 0 Å². The second-order valence-electron chi connectivity index (χ2n) is 6.08. The van der Waals surface area contributed by atoms with Crippen molar-refractivity contribution < 1.29 is 4.74 Å². The van der Waals surface area contributed by atoms with Crippen molar-refractivity contribution in [1.82, 2.24) is 14.8 Å². The Hall–Kier alpha value is -2.82. The molecule has 1 aliphatic heterocycles. The molecule has 0 saturated heterocycles. The van der Waals surface area contributed by atoms with Gasteiger partial charge in [0.05, 0.1) is 13.2 Å². The smallest absolute Gasteiger partial charge is 0.152 e. The molecule has 1 aromatic heterocycles. The first kappa shape index (κ1) is 14.8. The van der Waals surface area contributed by atoms with E-state index < -0.39 is 0 Å². The zero-order chi connectivity index (χ0) is 16.5. The summed E-state index contributed by atoms with van der Waals surface area (Å²) in [6, 6.07) is 14.9. The number of aromatic nitrogens is 3. The van der Waals surface area contributed by atoms with Crippen LogP contribution in [-0.4, -0.2) is 21.4 Å². The van der Waals surface area contributed by atoms with Crippen LogP contribution in [0, 0.1) is 6.92 Å². The van der Waals surface area contributed by atoms with Crippen molar-refractivity contribution in [2.24, 2.45) is 7.05 Å². The summed E-state index contributed by atoms with van der Waals surface area (Å²) in [4.78, 5) is 0. The molecule has 4 rings (SSSR count). The average Bonchev–Trinajstić information content (AvgIpc) is 3.20. The Morgan fingerprint density at radius 1 is 1.12 bits per heavy atom. The van der Waals surface area contributed by atoms with E-state index in [1.54, 1.807) is 0 Å². The highest BCUT2D eigenvalue weighted by Crippen LogP contribution is 2.31. The van der Waals surface area contributed by atoms with Crippen LogP contribution in [0.4, 0.5) is 5.69 Å². The van der Waals surface area contributed by atoms with E-state index >= 15 is 0 Å². The summed E-state index contributed by atoms with van der Waals surface area (Å²) in [6.07, 6.45) is 0.993. The lowest BCUT2D eigenvalue weighted by Crippen LogP contribution is -2.06. The van der Waals surface area contributed by atoms with Gasteiger partial charge in [-0.1, -0.05) is 18.2 Å². The Morgan fingerprint density at radius 3 is 2.83 bits per heavy atom. The number of hydrogen-bond donors (Lipinski definition) is 1. The van der Waals surface area contributed by atoms with Crippen molar-refractivity contribution in [3.8, 4) is 16.9 Å². The van der Waals surface area contributed by atoms with Gasteiger partial charge in [-0.25, -0.2) is 0 Å². The van der Waals surface area contributed by atoms with E-state index in [0.29, 0.717) is 6.54 Å². The molecule has 2 aromatic carbocycles. The number of ether oxygens (including phenoxy) is 1. The molecule has 3 aromatic rings. The number of hydrogen-bond acceptors (Lipinski definition) is 4. The molecule has 1 N–H and O–H groups in total. The molecule has 0 aliphatic carbocycles. The van der Waals surface area contributed by atoms with Crippen LogP contribution in [0.25, 0.3) is 11.1 Å². The van der Waals surface area contributed by atoms with Gasteiger partial charge in [0.15, 0.2) is 5.82 Å². The van der Waals surface area contributed by atoms with E-state index in [2.05, 4.69) is 58.0 Å². The molecule has 0 saturated carbocycles. The van der Waals surface area contributed by atoms with Crippen LogP contribution in [0.5, 0.6) is 5.75 Å². The van der Waals surface area contributed by atoms with Crippen LogP contribution in [0.3, 0.4) is 0 Å². The van der Waals surface area contributed by atoms with E-state index in [1.165, 1.54) is 16.7 Å². The molecular weight excluding hydrogens is 300 g/mol. The average molecular weight is 320 g/mol. The van der Waals surface area contributed by atoms with Gasteiger partial charge in [0, 0.05) is 19.2 Å². The summed E-state index contributed by atoms with van der Waals surface area (Å²) in [5.74, 6) is 2.86. The largest absolute Gasteiger partial charge is 0.493 e. The fraction of sp³-hybridized carbons (Fsp3) is 0.263. The Balaban J connectivity index is 1.54. The van der Waals surface area contributed by atoms with Gasteiger partial charge in [0.25, 0.3) is 0 Å². The third-order valence-electron chi connectivity index (χ3n) is 4.52. The zero-order valence-corrected chi connectivity index (χ0v) is 13.9. The van der Waals surface area contributed by atoms with E-state index in [9.17, 15) is 0 Å². The Labute approximate surface area is 141 Å². The van der Waals surface area contributed by atoms with Gasteiger partial charge >= 0.3 is 0 Å². The first-order valence-corrected chi connectivity index (χ1v) is 8.15. The summed E-state index contributed by atoms with van der Waals surface area (Å²) in [7, 11) is 1.98. The highest BCUT2D eigenvalue weighted by Gasteiger charge is 2.12. The Kier molecular flexibility index (Phi) is 3.69. The molecule has 24 heavy (non-hydrogen) atoms. The van der Waals surface area contributed by atoms with Crippen LogP contribution in [-0.2, 0) is 20.0 Å². The van der Waals surface area contributed by atoms with Gasteiger partial charge in [-0.2, -0.15) is 0 Å². The third-order valence-corrected chi connectivity index (χ3v) is 4.52. The summed E-state index contributed by atoms with van der Waals surface area (Å²) >= 11 is 0. The van der Waals surface area contributed by atoms with E-state index in [4.69, 9.17) is 4.74 Å². The minimum absolute atomic E-state index is 0.652. The normalized spacial score (nSPS) is 12.8. The second kappa shape index (κ2) is 6.00. The van der Waals surface area contributed by atoms with Crippen LogP contribution < -0.4 is 10.1 Å². The van der Waals surface area contributed by atoms with Crippen molar-refractivity contribution in [2.45, 2.75) is 19.9 Å². The summed E-state index contributed by atoms with van der Waals surface area (Å²) in [5.41, 5.74) is 4.78. The molecule has 0 fully saturated rings. The molecule has 0 radical (unpaired) electrons. The van der Waals surface area contributed by atoms with Gasteiger partial charge in [0.1, 0.15) is 11.6 Å². The van der Waals surface area contributed by atoms with E-state index in [0.717, 1.165) is 36.1 Å². The van der Waals surface area contributed by atoms with Crippen molar-refractivity contribution in [2.75, 3.05) is 11.9 Å². The summed E-state index contributed by atoms with van der Waals surface area (Å²) in [5, 5.41) is 11.7. The van der Waals surface area contributed by atoms with Gasteiger partial charge in [-0.05, 0) is 47.9 Å². The maximum absolute atomic E-state index is 5.59. The maximum Gasteiger partial charge on any atom is 0.152 e. The van der Waals surface area contributed by atoms with Crippen LogP contribution in [0.15, 0.2) is 42.5 Å². The van der Waals surface area contributed by atoms with Crippen molar-refractivity contribution >= 4 is 5.69 Å². The van der Waals surface area contributed by atoms with Crippen molar-refractivity contribution in [1.29, 1.82) is 0 Å². The number of fused-ring (bicyclic) bond motifs is 1. The van der Waals surface area contributed by atoms with E-state index in [-0.39, 0.29) is 0 Å². The lowest BCUT2D eigenvalue weighted by molar-refractivity contribution is 0.357. The molecule has 0 bridgehead atoms. The topological polar surface area (TPSA) is 52.0 Å². The standard InChI is InChI=1S/C19H20N4O/c1-13-21-22-19(23(13)2)12-20-17-5-3-4-14(11-17)15-6-7-18-16(10-15)8-9-24-18/h3-7,10-11,20H,8-9,12H2,1-2H3. The Bertz CT molecular complexity index is 885. The molecule has 0 unspecified atom stereocenters. The third kappa shape index (κ3) is 2.73. The molecular formula is C19H20N4O. The fourth-order valence-corrected chi connectivity index (χ4v) is 2.96. The van der Waals surface area contributed by atoms with Crippen molar-refractivity contribution in [3.05, 3.63) is 59.7 Å². The lowest BCUT2D eigenvalue weighted by Gasteiger charge is -2.09. The molecule has 0 atom stereocenters. The number of anilines is 1. The van der Waals surface area contributed by atoms with Gasteiger partial charge in [-0.15, -0.1) is 10.2 Å². The lowest BCUT2D eigenvalue weighted by atomic mass is 10.0. The first-order chi connectivity index (χ1) is 11.7. The highest BCUT2D eigenvalue weighted by molar-refractivity contribution is 5.70. The highest BCUT2D eigenvalue weighted by atomic mass is 16.5. The second-order valence-corrected chi connectivity index (χ2v) is 6.08. The number of nitrogens with zero attached hydrogens (tertiary/aromatic N) is 3. The molecule has 5 nitrogen and oxygen atoms in total. The molecule has 2 heterocycles. The van der Waals surface area contributed by atoms with Crippen molar-refractivity contribution in [3.63, 3.8) is 0 Å². The van der Waals surface area contributed by atoms with Crippen LogP contribution in [0.1, 0.15) is 17.2 Å². The zero-order valence-electron chi connectivity index (χ0n) is 13.9. The Morgan fingerprint density at radius 2 is 2.00 bits per heavy atom. The number of aryl methyl sites for hydroxylation is 1.